The van der Waals surface area contributed by atoms with Gasteiger partial charge >= 0.3 is 0 Å². The van der Waals surface area contributed by atoms with E-state index in [1.54, 1.807) is 30.5 Å². The van der Waals surface area contributed by atoms with E-state index in [0.29, 0.717) is 37.6 Å². The molecule has 0 bridgehead atoms. The van der Waals surface area contributed by atoms with E-state index in [4.69, 9.17) is 9.47 Å². The number of rotatable bonds is 11. The van der Waals surface area contributed by atoms with Crippen molar-refractivity contribution in [1.82, 2.24) is 9.80 Å². The van der Waals surface area contributed by atoms with Crippen LogP contribution in [0.1, 0.15) is 30.7 Å². The number of thiophene rings is 1. The van der Waals surface area contributed by atoms with Crippen LogP contribution >= 0.6 is 11.3 Å². The average Bonchev–Trinajstić information content (AvgIpc) is 3.23. The fraction of sp³-hybridized carbons (Fsp3) is 0.455. The van der Waals surface area contributed by atoms with E-state index in [2.05, 4.69) is 0 Å². The highest BCUT2D eigenvalue weighted by Crippen LogP contribution is 2.27. The second kappa shape index (κ2) is 11.5. The fourth-order valence-electron chi connectivity index (χ4n) is 3.06. The van der Waals surface area contributed by atoms with Gasteiger partial charge in [0.25, 0.3) is 0 Å². The zero-order chi connectivity index (χ0) is 21.2. The zero-order valence-electron chi connectivity index (χ0n) is 17.6. The Morgan fingerprint density at radius 3 is 2.38 bits per heavy atom. The Balaban J connectivity index is 2.11. The van der Waals surface area contributed by atoms with Crippen molar-refractivity contribution in [2.45, 2.75) is 33.2 Å². The minimum absolute atomic E-state index is 0.0393. The van der Waals surface area contributed by atoms with Crippen molar-refractivity contribution in [2.24, 2.45) is 0 Å². The van der Waals surface area contributed by atoms with Crippen LogP contribution in [0.3, 0.4) is 0 Å². The highest BCUT2D eigenvalue weighted by molar-refractivity contribution is 7.09. The lowest BCUT2D eigenvalue weighted by atomic mass is 10.1. The first-order valence-corrected chi connectivity index (χ1v) is 10.6. The van der Waals surface area contributed by atoms with Gasteiger partial charge < -0.3 is 19.3 Å². The molecule has 2 aromatic rings. The number of nitrogens with zero attached hydrogens (tertiary/aromatic N) is 2. The average molecular weight is 419 g/mol. The quantitative estimate of drug-likeness (QED) is 0.560. The molecular weight excluding hydrogens is 388 g/mol. The molecule has 1 aromatic heterocycles. The first kappa shape index (κ1) is 22.7. The summed E-state index contributed by atoms with van der Waals surface area (Å²) in [5.41, 5.74) is 1.06. The third-order valence-corrected chi connectivity index (χ3v) is 5.52. The Hall–Kier alpha value is -2.54. The Kier molecular flexibility index (Phi) is 8.99. The molecule has 1 aromatic carbocycles. The van der Waals surface area contributed by atoms with Crippen LogP contribution in [0.15, 0.2) is 35.7 Å². The van der Waals surface area contributed by atoms with Gasteiger partial charge in [0.2, 0.25) is 11.8 Å². The maximum absolute atomic E-state index is 13.0. The van der Waals surface area contributed by atoms with Crippen molar-refractivity contribution in [1.29, 1.82) is 0 Å². The first-order chi connectivity index (χ1) is 14.0. The lowest BCUT2D eigenvalue weighted by Crippen LogP contribution is -2.42. The van der Waals surface area contributed by atoms with Gasteiger partial charge in [-0.3, -0.25) is 9.59 Å². The number of carbonyl (C=O) groups is 2. The summed E-state index contributed by atoms with van der Waals surface area (Å²) in [6.07, 6.45) is 1.51. The van der Waals surface area contributed by atoms with Crippen molar-refractivity contribution in [2.75, 3.05) is 33.9 Å². The van der Waals surface area contributed by atoms with Crippen LogP contribution in [0.4, 0.5) is 0 Å². The summed E-state index contributed by atoms with van der Waals surface area (Å²) in [7, 11) is 3.22. The molecule has 0 fully saturated rings. The van der Waals surface area contributed by atoms with E-state index in [-0.39, 0.29) is 18.4 Å². The van der Waals surface area contributed by atoms with Crippen molar-refractivity contribution in [3.63, 3.8) is 0 Å². The molecule has 0 aliphatic rings. The Bertz CT molecular complexity index is 792. The highest BCUT2D eigenvalue weighted by Gasteiger charge is 2.19. The normalized spacial score (nSPS) is 10.5. The predicted molar refractivity (Wildman–Crippen MR) is 116 cm³/mol. The molecule has 158 valence electrons. The summed E-state index contributed by atoms with van der Waals surface area (Å²) >= 11 is 1.63. The largest absolute Gasteiger partial charge is 0.493 e. The number of carbonyl (C=O) groups excluding carboxylic acids is 2. The lowest BCUT2D eigenvalue weighted by molar-refractivity contribution is -0.139. The number of methoxy groups -OCH3 is 2. The number of hydrogen-bond donors (Lipinski definition) is 0. The highest BCUT2D eigenvalue weighted by atomic mass is 32.1. The molecule has 0 atom stereocenters. The maximum Gasteiger partial charge on any atom is 0.242 e. The molecule has 1 heterocycles. The van der Waals surface area contributed by atoms with Gasteiger partial charge in [-0.2, -0.15) is 0 Å². The third kappa shape index (κ3) is 6.78. The minimum atomic E-state index is -0.0730. The lowest BCUT2D eigenvalue weighted by Gasteiger charge is -2.27. The molecule has 0 radical (unpaired) electrons. The molecule has 0 unspecified atom stereocenters. The summed E-state index contributed by atoms with van der Waals surface area (Å²) in [6, 6.07) is 9.80. The van der Waals surface area contributed by atoms with E-state index in [1.807, 2.05) is 47.5 Å². The summed E-state index contributed by atoms with van der Waals surface area (Å²) in [5.74, 6) is 1.24. The van der Waals surface area contributed by atoms with E-state index in [0.717, 1.165) is 16.9 Å². The van der Waals surface area contributed by atoms with Crippen LogP contribution in [0, 0.1) is 0 Å². The van der Waals surface area contributed by atoms with Gasteiger partial charge in [-0.1, -0.05) is 19.1 Å². The predicted octanol–water partition coefficient (Wildman–Crippen LogP) is 3.60. The molecule has 29 heavy (non-hydrogen) atoms. The van der Waals surface area contributed by atoms with Gasteiger partial charge in [0.15, 0.2) is 11.5 Å². The summed E-state index contributed by atoms with van der Waals surface area (Å²) in [4.78, 5) is 29.4. The molecule has 2 rings (SSSR count). The summed E-state index contributed by atoms with van der Waals surface area (Å²) < 4.78 is 10.7. The van der Waals surface area contributed by atoms with Crippen molar-refractivity contribution in [3.05, 3.63) is 46.2 Å². The van der Waals surface area contributed by atoms with Crippen LogP contribution < -0.4 is 9.47 Å². The molecule has 0 saturated carbocycles. The van der Waals surface area contributed by atoms with Crippen molar-refractivity contribution in [3.8, 4) is 11.5 Å². The third-order valence-electron chi connectivity index (χ3n) is 4.66. The van der Waals surface area contributed by atoms with Crippen molar-refractivity contribution < 1.29 is 19.1 Å². The Morgan fingerprint density at radius 1 is 1.03 bits per heavy atom. The minimum Gasteiger partial charge on any atom is -0.493 e. The van der Waals surface area contributed by atoms with Gasteiger partial charge in [0, 0.05) is 24.9 Å². The van der Waals surface area contributed by atoms with Crippen LogP contribution in [-0.2, 0) is 22.6 Å². The van der Waals surface area contributed by atoms with E-state index in [9.17, 15) is 9.59 Å². The number of amides is 2. The Morgan fingerprint density at radius 2 is 1.79 bits per heavy atom. The van der Waals surface area contributed by atoms with Crippen LogP contribution in [-0.4, -0.2) is 55.5 Å². The summed E-state index contributed by atoms with van der Waals surface area (Å²) in [5, 5.41) is 2.01. The van der Waals surface area contributed by atoms with Crippen LogP contribution in [0.5, 0.6) is 11.5 Å². The molecule has 2 amide bonds. The standard InChI is InChI=1S/C22H30N2O4S/c1-5-11-23(17(2)25)16-22(26)24(15-19-7-6-13-29-19)12-10-18-8-9-20(27-3)21(14-18)28-4/h6-9,13-14H,5,10-12,15-16H2,1-4H3. The molecule has 0 saturated heterocycles. The second-order valence-corrected chi connectivity index (χ2v) is 7.81. The monoisotopic (exact) mass is 418 g/mol. The van der Waals surface area contributed by atoms with Gasteiger partial charge in [0.05, 0.1) is 27.3 Å². The SMILES string of the molecule is CCCN(CC(=O)N(CCc1ccc(OC)c(OC)c1)Cc1cccs1)C(C)=O. The van der Waals surface area contributed by atoms with Gasteiger partial charge in [-0.15, -0.1) is 11.3 Å². The molecule has 7 heteroatoms. The first-order valence-electron chi connectivity index (χ1n) is 9.75. The molecule has 0 aliphatic heterocycles. The molecular formula is C22H30N2O4S. The molecule has 6 nitrogen and oxygen atoms in total. The van der Waals surface area contributed by atoms with E-state index >= 15 is 0 Å². The van der Waals surface area contributed by atoms with E-state index in [1.165, 1.54) is 6.92 Å². The number of benzene rings is 1. The van der Waals surface area contributed by atoms with Crippen LogP contribution in [0.25, 0.3) is 0 Å². The smallest absolute Gasteiger partial charge is 0.242 e. The molecule has 0 aliphatic carbocycles. The summed E-state index contributed by atoms with van der Waals surface area (Å²) in [6.45, 7) is 5.31. The fourth-order valence-corrected chi connectivity index (χ4v) is 3.78. The van der Waals surface area contributed by atoms with Crippen molar-refractivity contribution >= 4 is 23.2 Å². The van der Waals surface area contributed by atoms with Crippen LogP contribution in [0.2, 0.25) is 0 Å². The molecule has 0 N–H and O–H groups in total. The van der Waals surface area contributed by atoms with E-state index < -0.39 is 0 Å². The van der Waals surface area contributed by atoms with Gasteiger partial charge in [0.1, 0.15) is 0 Å². The molecule has 0 spiro atoms. The second-order valence-electron chi connectivity index (χ2n) is 6.77. The Labute approximate surface area is 177 Å². The number of ether oxygens (including phenoxy) is 2. The van der Waals surface area contributed by atoms with Gasteiger partial charge in [-0.05, 0) is 42.0 Å². The zero-order valence-corrected chi connectivity index (χ0v) is 18.5. The number of hydrogen-bond acceptors (Lipinski definition) is 5. The maximum atomic E-state index is 13.0. The van der Waals surface area contributed by atoms with Gasteiger partial charge in [-0.25, -0.2) is 0 Å². The topological polar surface area (TPSA) is 59.1 Å².